The first-order chi connectivity index (χ1) is 8.72. The molecule has 0 bridgehead atoms. The number of carbonyl (C=O) groups is 1. The fourth-order valence-electron chi connectivity index (χ4n) is 1.46. The van der Waals surface area contributed by atoms with Crippen LogP contribution in [0.2, 0.25) is 5.02 Å². The summed E-state index contributed by atoms with van der Waals surface area (Å²) >= 11 is 5.80. The van der Waals surface area contributed by atoms with Gasteiger partial charge in [-0.1, -0.05) is 44.5 Å². The van der Waals surface area contributed by atoms with Gasteiger partial charge in [-0.2, -0.15) is 0 Å². The molecule has 0 aliphatic rings. The Bertz CT molecular complexity index is 322. The van der Waals surface area contributed by atoms with E-state index in [4.69, 9.17) is 11.6 Å². The summed E-state index contributed by atoms with van der Waals surface area (Å²) in [6.07, 6.45) is 3.72. The summed E-state index contributed by atoms with van der Waals surface area (Å²) in [7, 11) is 0. The van der Waals surface area contributed by atoms with Crippen molar-refractivity contribution in [1.82, 2.24) is 5.32 Å². The Hall–Kier alpha value is -1.02. The quantitative estimate of drug-likeness (QED) is 0.770. The molecule has 1 aromatic carbocycles. The van der Waals surface area contributed by atoms with E-state index in [9.17, 15) is 4.79 Å². The molecule has 1 N–H and O–H groups in total. The van der Waals surface area contributed by atoms with Crippen LogP contribution in [-0.4, -0.2) is 12.5 Å². The fourth-order valence-corrected chi connectivity index (χ4v) is 1.58. The number of nitrogens with one attached hydrogen (secondary N) is 1. The van der Waals surface area contributed by atoms with Crippen molar-refractivity contribution in [2.24, 2.45) is 0 Å². The van der Waals surface area contributed by atoms with E-state index in [1.165, 1.54) is 5.56 Å². The average molecular weight is 270 g/mol. The van der Waals surface area contributed by atoms with Gasteiger partial charge in [-0.3, -0.25) is 4.79 Å². The predicted octanol–water partition coefficient (Wildman–Crippen LogP) is 4.22. The molecular formula is C15H24ClNO. The Morgan fingerprint density at radius 1 is 1.17 bits per heavy atom. The highest BCUT2D eigenvalue weighted by Gasteiger charge is 1.96. The van der Waals surface area contributed by atoms with Gasteiger partial charge in [0, 0.05) is 18.0 Å². The lowest BCUT2D eigenvalue weighted by atomic mass is 10.1. The zero-order chi connectivity index (χ0) is 13.8. The molecule has 0 aliphatic carbocycles. The smallest absolute Gasteiger partial charge is 0.219 e. The second-order valence-corrected chi connectivity index (χ2v) is 4.22. The van der Waals surface area contributed by atoms with Crippen LogP contribution in [0.15, 0.2) is 24.3 Å². The molecule has 2 nitrogen and oxygen atoms in total. The van der Waals surface area contributed by atoms with E-state index in [2.05, 4.69) is 5.32 Å². The number of amides is 1. The van der Waals surface area contributed by atoms with E-state index >= 15 is 0 Å². The first-order valence-corrected chi connectivity index (χ1v) is 7.11. The Morgan fingerprint density at radius 2 is 1.78 bits per heavy atom. The van der Waals surface area contributed by atoms with Crippen LogP contribution in [0.1, 0.15) is 45.6 Å². The van der Waals surface area contributed by atoms with Gasteiger partial charge in [-0.05, 0) is 37.0 Å². The molecule has 0 fully saturated rings. The highest BCUT2D eigenvalue weighted by molar-refractivity contribution is 6.30. The molecule has 1 rings (SSSR count). The van der Waals surface area contributed by atoms with Crippen molar-refractivity contribution in [3.05, 3.63) is 34.9 Å². The number of aryl methyl sites for hydroxylation is 1. The third kappa shape index (κ3) is 8.13. The summed E-state index contributed by atoms with van der Waals surface area (Å²) in [5.41, 5.74) is 1.30. The number of rotatable bonds is 6. The van der Waals surface area contributed by atoms with E-state index in [-0.39, 0.29) is 5.91 Å². The molecule has 3 heteroatoms. The molecule has 0 aliphatic heterocycles. The maximum absolute atomic E-state index is 11.0. The molecule has 0 saturated heterocycles. The maximum atomic E-state index is 11.0. The van der Waals surface area contributed by atoms with Crippen molar-refractivity contribution in [2.45, 2.75) is 46.5 Å². The highest BCUT2D eigenvalue weighted by Crippen LogP contribution is 2.11. The monoisotopic (exact) mass is 269 g/mol. The molecule has 1 aromatic rings. The molecule has 0 spiro atoms. The van der Waals surface area contributed by atoms with Crippen molar-refractivity contribution in [3.8, 4) is 0 Å². The van der Waals surface area contributed by atoms with Crippen molar-refractivity contribution < 1.29 is 4.79 Å². The third-order valence-corrected chi connectivity index (χ3v) is 2.70. The lowest BCUT2D eigenvalue weighted by Crippen LogP contribution is -2.23. The van der Waals surface area contributed by atoms with E-state index in [1.807, 2.05) is 45.0 Å². The van der Waals surface area contributed by atoms with Crippen LogP contribution in [0.25, 0.3) is 0 Å². The summed E-state index contributed by atoms with van der Waals surface area (Å²) < 4.78 is 0. The number of benzene rings is 1. The predicted molar refractivity (Wildman–Crippen MR) is 79.0 cm³/mol. The largest absolute Gasteiger partial charge is 0.356 e. The molecule has 18 heavy (non-hydrogen) atoms. The zero-order valence-corrected chi connectivity index (χ0v) is 12.4. The van der Waals surface area contributed by atoms with E-state index in [0.29, 0.717) is 6.42 Å². The molecule has 0 unspecified atom stereocenters. The average Bonchev–Trinajstić information content (AvgIpc) is 2.42. The Balaban J connectivity index is 0.00000137. The molecule has 0 saturated carbocycles. The van der Waals surface area contributed by atoms with E-state index in [0.717, 1.165) is 30.8 Å². The Kier molecular flexibility index (Phi) is 10.5. The number of hydrogen-bond acceptors (Lipinski definition) is 1. The number of hydrogen-bond donors (Lipinski definition) is 1. The number of halogens is 1. The van der Waals surface area contributed by atoms with Gasteiger partial charge < -0.3 is 5.32 Å². The molecular weight excluding hydrogens is 246 g/mol. The number of unbranched alkanes of at least 4 members (excludes halogenated alkanes) is 1. The third-order valence-electron chi connectivity index (χ3n) is 2.45. The molecule has 1 amide bonds. The molecule has 102 valence electrons. The van der Waals surface area contributed by atoms with Crippen LogP contribution in [0, 0.1) is 0 Å². The van der Waals surface area contributed by atoms with Gasteiger partial charge >= 0.3 is 0 Å². The summed E-state index contributed by atoms with van der Waals surface area (Å²) in [6, 6.07) is 7.92. The van der Waals surface area contributed by atoms with Crippen molar-refractivity contribution >= 4 is 17.5 Å². The Morgan fingerprint density at radius 3 is 2.33 bits per heavy atom. The van der Waals surface area contributed by atoms with Gasteiger partial charge in [0.2, 0.25) is 5.91 Å². The highest BCUT2D eigenvalue weighted by atomic mass is 35.5. The summed E-state index contributed by atoms with van der Waals surface area (Å²) in [4.78, 5) is 11.0. The van der Waals surface area contributed by atoms with Crippen molar-refractivity contribution in [2.75, 3.05) is 6.54 Å². The topological polar surface area (TPSA) is 29.1 Å². The first-order valence-electron chi connectivity index (χ1n) is 6.73. The fraction of sp³-hybridized carbons (Fsp3) is 0.533. The first kappa shape index (κ1) is 17.0. The van der Waals surface area contributed by atoms with Crippen molar-refractivity contribution in [1.29, 1.82) is 0 Å². The summed E-state index contributed by atoms with van der Waals surface area (Å²) in [5.74, 6) is 0.131. The van der Waals surface area contributed by atoms with Gasteiger partial charge in [0.15, 0.2) is 0 Å². The van der Waals surface area contributed by atoms with Crippen LogP contribution in [0.3, 0.4) is 0 Å². The minimum absolute atomic E-state index is 0.131. The van der Waals surface area contributed by atoms with Gasteiger partial charge in [-0.25, -0.2) is 0 Å². The van der Waals surface area contributed by atoms with Crippen LogP contribution in [-0.2, 0) is 11.2 Å². The standard InChI is InChI=1S/C13H18ClNO.C2H6/c1-2-13(16)15-10-4-3-5-11-6-8-12(14)9-7-11;1-2/h6-9H,2-5,10H2,1H3,(H,15,16);1-2H3. The lowest BCUT2D eigenvalue weighted by Gasteiger charge is -2.03. The van der Waals surface area contributed by atoms with Gasteiger partial charge in [0.25, 0.3) is 0 Å². The van der Waals surface area contributed by atoms with Crippen LogP contribution >= 0.6 is 11.6 Å². The summed E-state index contributed by atoms with van der Waals surface area (Å²) in [5, 5.41) is 3.64. The lowest BCUT2D eigenvalue weighted by molar-refractivity contribution is -0.120. The summed E-state index contributed by atoms with van der Waals surface area (Å²) in [6.45, 7) is 6.64. The molecule has 0 aromatic heterocycles. The van der Waals surface area contributed by atoms with Crippen LogP contribution in [0.4, 0.5) is 0 Å². The Labute approximate surface area is 116 Å². The molecule has 0 heterocycles. The normalized spacial score (nSPS) is 9.33. The van der Waals surface area contributed by atoms with E-state index < -0.39 is 0 Å². The zero-order valence-electron chi connectivity index (χ0n) is 11.6. The second kappa shape index (κ2) is 11.1. The molecule has 0 atom stereocenters. The SMILES string of the molecule is CC.CCC(=O)NCCCCc1ccc(Cl)cc1. The second-order valence-electron chi connectivity index (χ2n) is 3.79. The van der Waals surface area contributed by atoms with Crippen LogP contribution in [0.5, 0.6) is 0 Å². The van der Waals surface area contributed by atoms with E-state index in [1.54, 1.807) is 0 Å². The van der Waals surface area contributed by atoms with Gasteiger partial charge in [0.05, 0.1) is 0 Å². The number of carbonyl (C=O) groups excluding carboxylic acids is 1. The van der Waals surface area contributed by atoms with Crippen molar-refractivity contribution in [3.63, 3.8) is 0 Å². The molecule has 0 radical (unpaired) electrons. The minimum atomic E-state index is 0.131. The van der Waals surface area contributed by atoms with Crippen LogP contribution < -0.4 is 5.32 Å². The minimum Gasteiger partial charge on any atom is -0.356 e. The van der Waals surface area contributed by atoms with Gasteiger partial charge in [0.1, 0.15) is 0 Å². The maximum Gasteiger partial charge on any atom is 0.219 e. The van der Waals surface area contributed by atoms with Gasteiger partial charge in [-0.15, -0.1) is 0 Å².